The van der Waals surface area contributed by atoms with Crippen LogP contribution in [0.15, 0.2) is 18.2 Å². The zero-order valence-electron chi connectivity index (χ0n) is 11.3. The van der Waals surface area contributed by atoms with Gasteiger partial charge in [0.05, 0.1) is 22.8 Å². The van der Waals surface area contributed by atoms with Gasteiger partial charge in [-0.3, -0.25) is 4.79 Å². The maximum absolute atomic E-state index is 11.1. The Labute approximate surface area is 128 Å². The number of amides is 1. The first kappa shape index (κ1) is 15.6. The standard InChI is InChI=1S/C14H18Cl2N2O2/c1-9(19)18-8-11-7-17-4-5-20-14(11)10-2-3-12(15)13(16)6-10/h2-3,6,11,14,17H,4-5,7-8H2,1H3,(H,18,19)/t11-,14-/m1/s1. The van der Waals surface area contributed by atoms with Gasteiger partial charge in [0.2, 0.25) is 5.91 Å². The fourth-order valence-electron chi connectivity index (χ4n) is 2.30. The summed E-state index contributed by atoms with van der Waals surface area (Å²) in [6, 6.07) is 5.53. The molecule has 1 aliphatic rings. The van der Waals surface area contributed by atoms with Crippen molar-refractivity contribution in [2.24, 2.45) is 5.92 Å². The van der Waals surface area contributed by atoms with Crippen molar-refractivity contribution in [3.63, 3.8) is 0 Å². The highest BCUT2D eigenvalue weighted by Crippen LogP contribution is 2.31. The molecule has 0 spiro atoms. The van der Waals surface area contributed by atoms with Crippen molar-refractivity contribution in [1.29, 1.82) is 0 Å². The van der Waals surface area contributed by atoms with Crippen molar-refractivity contribution in [2.45, 2.75) is 13.0 Å². The summed E-state index contributed by atoms with van der Waals surface area (Å²) in [7, 11) is 0. The molecule has 0 aromatic heterocycles. The van der Waals surface area contributed by atoms with Crippen molar-refractivity contribution < 1.29 is 9.53 Å². The molecule has 1 saturated heterocycles. The van der Waals surface area contributed by atoms with Crippen LogP contribution in [0, 0.1) is 5.92 Å². The fourth-order valence-corrected chi connectivity index (χ4v) is 2.61. The molecular formula is C14H18Cl2N2O2. The van der Waals surface area contributed by atoms with Crippen molar-refractivity contribution in [2.75, 3.05) is 26.2 Å². The molecule has 20 heavy (non-hydrogen) atoms. The predicted molar refractivity (Wildman–Crippen MR) is 80.2 cm³/mol. The minimum absolute atomic E-state index is 0.0397. The second-order valence-corrected chi connectivity index (χ2v) is 5.68. The van der Waals surface area contributed by atoms with E-state index in [1.165, 1.54) is 6.92 Å². The van der Waals surface area contributed by atoms with Crippen LogP contribution >= 0.6 is 23.2 Å². The number of halogens is 2. The van der Waals surface area contributed by atoms with Crippen molar-refractivity contribution in [3.05, 3.63) is 33.8 Å². The third kappa shape index (κ3) is 4.09. The average Bonchev–Trinajstić information content (AvgIpc) is 2.65. The van der Waals surface area contributed by atoms with E-state index in [2.05, 4.69) is 10.6 Å². The maximum atomic E-state index is 11.1. The van der Waals surface area contributed by atoms with Crippen LogP contribution in [0.5, 0.6) is 0 Å². The van der Waals surface area contributed by atoms with Gasteiger partial charge in [0, 0.05) is 32.5 Å². The Kier molecular flexibility index (Phi) is 5.66. The van der Waals surface area contributed by atoms with Crippen molar-refractivity contribution in [3.8, 4) is 0 Å². The van der Waals surface area contributed by atoms with E-state index in [1.807, 2.05) is 12.1 Å². The molecule has 0 bridgehead atoms. The topological polar surface area (TPSA) is 50.4 Å². The molecule has 110 valence electrons. The zero-order chi connectivity index (χ0) is 14.5. The molecule has 1 aromatic carbocycles. The van der Waals surface area contributed by atoms with Crippen LogP contribution in [-0.2, 0) is 9.53 Å². The summed E-state index contributed by atoms with van der Waals surface area (Å²) in [6.07, 6.45) is -0.105. The second kappa shape index (κ2) is 7.27. The number of ether oxygens (including phenoxy) is 1. The summed E-state index contributed by atoms with van der Waals surface area (Å²) in [4.78, 5) is 11.1. The van der Waals surface area contributed by atoms with Gasteiger partial charge in [-0.25, -0.2) is 0 Å². The Morgan fingerprint density at radius 2 is 2.25 bits per heavy atom. The lowest BCUT2D eigenvalue weighted by molar-refractivity contribution is -0.119. The smallest absolute Gasteiger partial charge is 0.216 e. The lowest BCUT2D eigenvalue weighted by Gasteiger charge is -2.25. The van der Waals surface area contributed by atoms with Crippen LogP contribution in [-0.4, -0.2) is 32.1 Å². The second-order valence-electron chi connectivity index (χ2n) is 4.87. The largest absolute Gasteiger partial charge is 0.372 e. The van der Waals surface area contributed by atoms with Crippen LogP contribution in [0.25, 0.3) is 0 Å². The van der Waals surface area contributed by atoms with E-state index in [4.69, 9.17) is 27.9 Å². The Bertz CT molecular complexity index is 482. The molecule has 6 heteroatoms. The molecule has 4 nitrogen and oxygen atoms in total. The van der Waals surface area contributed by atoms with E-state index >= 15 is 0 Å². The Hall–Kier alpha value is -0.810. The zero-order valence-corrected chi connectivity index (χ0v) is 12.8. The van der Waals surface area contributed by atoms with Crippen molar-refractivity contribution >= 4 is 29.1 Å². The van der Waals surface area contributed by atoms with Gasteiger partial charge < -0.3 is 15.4 Å². The number of nitrogens with one attached hydrogen (secondary N) is 2. The summed E-state index contributed by atoms with van der Waals surface area (Å²) in [5.74, 6) is 0.112. The molecule has 1 amide bonds. The molecule has 0 aliphatic carbocycles. The first-order valence-electron chi connectivity index (χ1n) is 6.59. The summed E-state index contributed by atoms with van der Waals surface area (Å²) >= 11 is 12.0. The molecule has 1 aliphatic heterocycles. The average molecular weight is 317 g/mol. The first-order chi connectivity index (χ1) is 9.58. The highest BCUT2D eigenvalue weighted by Gasteiger charge is 2.26. The Balaban J connectivity index is 2.18. The van der Waals surface area contributed by atoms with Gasteiger partial charge in [0.25, 0.3) is 0 Å². The Morgan fingerprint density at radius 3 is 2.95 bits per heavy atom. The normalized spacial score (nSPS) is 23.1. The molecule has 0 unspecified atom stereocenters. The van der Waals surface area contributed by atoms with Gasteiger partial charge in [0.15, 0.2) is 0 Å². The summed E-state index contributed by atoms with van der Waals surface area (Å²) in [5, 5.41) is 7.21. The number of hydrogen-bond donors (Lipinski definition) is 2. The number of carbonyl (C=O) groups is 1. The summed E-state index contributed by atoms with van der Waals surface area (Å²) < 4.78 is 5.91. The van der Waals surface area contributed by atoms with Crippen LogP contribution in [0.1, 0.15) is 18.6 Å². The van der Waals surface area contributed by atoms with E-state index in [9.17, 15) is 4.79 Å². The van der Waals surface area contributed by atoms with E-state index in [0.29, 0.717) is 23.2 Å². The maximum Gasteiger partial charge on any atom is 0.216 e. The molecule has 0 radical (unpaired) electrons. The minimum Gasteiger partial charge on any atom is -0.372 e. The molecule has 2 rings (SSSR count). The van der Waals surface area contributed by atoms with E-state index < -0.39 is 0 Å². The fraction of sp³-hybridized carbons (Fsp3) is 0.500. The van der Waals surface area contributed by atoms with Gasteiger partial charge in [-0.15, -0.1) is 0 Å². The van der Waals surface area contributed by atoms with E-state index in [0.717, 1.165) is 18.7 Å². The van der Waals surface area contributed by atoms with E-state index in [-0.39, 0.29) is 17.9 Å². The number of benzene rings is 1. The number of carbonyl (C=O) groups excluding carboxylic acids is 1. The lowest BCUT2D eigenvalue weighted by Crippen LogP contribution is -2.35. The molecule has 1 heterocycles. The molecular weight excluding hydrogens is 299 g/mol. The van der Waals surface area contributed by atoms with Gasteiger partial charge in [-0.1, -0.05) is 29.3 Å². The third-order valence-corrected chi connectivity index (χ3v) is 4.04. The predicted octanol–water partition coefficient (Wildman–Crippen LogP) is 2.41. The molecule has 0 saturated carbocycles. The van der Waals surface area contributed by atoms with Crippen molar-refractivity contribution in [1.82, 2.24) is 10.6 Å². The number of hydrogen-bond acceptors (Lipinski definition) is 3. The van der Waals surface area contributed by atoms with Crippen LogP contribution < -0.4 is 10.6 Å². The van der Waals surface area contributed by atoms with Gasteiger partial charge >= 0.3 is 0 Å². The quantitative estimate of drug-likeness (QED) is 0.900. The SMILES string of the molecule is CC(=O)NC[C@H]1CNCCO[C@@H]1c1ccc(Cl)c(Cl)c1. The third-order valence-electron chi connectivity index (χ3n) is 3.30. The minimum atomic E-state index is -0.105. The van der Waals surface area contributed by atoms with Gasteiger partial charge in [-0.05, 0) is 17.7 Å². The van der Waals surface area contributed by atoms with Crippen LogP contribution in [0.2, 0.25) is 10.0 Å². The highest BCUT2D eigenvalue weighted by atomic mass is 35.5. The molecule has 1 fully saturated rings. The first-order valence-corrected chi connectivity index (χ1v) is 7.35. The summed E-state index contributed by atoms with van der Waals surface area (Å²) in [6.45, 7) is 4.29. The van der Waals surface area contributed by atoms with E-state index in [1.54, 1.807) is 6.07 Å². The highest BCUT2D eigenvalue weighted by molar-refractivity contribution is 6.42. The summed E-state index contributed by atoms with van der Waals surface area (Å²) in [5.41, 5.74) is 0.985. The number of rotatable bonds is 3. The molecule has 2 N–H and O–H groups in total. The lowest BCUT2D eigenvalue weighted by atomic mass is 9.95. The van der Waals surface area contributed by atoms with Crippen LogP contribution in [0.3, 0.4) is 0 Å². The van der Waals surface area contributed by atoms with Gasteiger partial charge in [0.1, 0.15) is 0 Å². The van der Waals surface area contributed by atoms with Gasteiger partial charge in [-0.2, -0.15) is 0 Å². The molecule has 2 atom stereocenters. The monoisotopic (exact) mass is 316 g/mol. The van der Waals surface area contributed by atoms with Crippen LogP contribution in [0.4, 0.5) is 0 Å². The Morgan fingerprint density at radius 1 is 1.45 bits per heavy atom. The molecule has 1 aromatic rings.